The van der Waals surface area contributed by atoms with Crippen LogP contribution in [0.25, 0.3) is 11.1 Å². The molecule has 0 radical (unpaired) electrons. The normalized spacial score (nSPS) is 18.1. The van der Waals surface area contributed by atoms with E-state index in [2.05, 4.69) is 0 Å². The largest absolute Gasteiger partial charge is 0.373 e. The molecule has 1 fully saturated rings. The highest BCUT2D eigenvalue weighted by Gasteiger charge is 2.27. The number of benzene rings is 3. The van der Waals surface area contributed by atoms with Crippen LogP contribution in [0.3, 0.4) is 0 Å². The van der Waals surface area contributed by atoms with Gasteiger partial charge in [0.25, 0.3) is 0 Å². The van der Waals surface area contributed by atoms with E-state index in [4.69, 9.17) is 4.74 Å². The Morgan fingerprint density at radius 2 is 1.37 bits per heavy atom. The van der Waals surface area contributed by atoms with Crippen molar-refractivity contribution in [2.24, 2.45) is 0 Å². The van der Waals surface area contributed by atoms with Gasteiger partial charge in [0.1, 0.15) is 0 Å². The van der Waals surface area contributed by atoms with Gasteiger partial charge in [0, 0.05) is 11.1 Å². The summed E-state index contributed by atoms with van der Waals surface area (Å²) in [6.07, 6.45) is 4.63. The minimum absolute atomic E-state index is 0.000993. The average Bonchev–Trinajstić information content (AvgIpc) is 2.88. The lowest BCUT2D eigenvalue weighted by molar-refractivity contribution is 0.0116. The van der Waals surface area contributed by atoms with Gasteiger partial charge in [-0.15, -0.1) is 0 Å². The summed E-state index contributed by atoms with van der Waals surface area (Å²) in [7, 11) is 0. The molecular weight excluding hydrogens is 452 g/mol. The van der Waals surface area contributed by atoms with Crippen molar-refractivity contribution in [3.63, 3.8) is 0 Å². The SMILES string of the molecule is CCCc1ccc(COC2CCC(c3ccc(-c4ccc(CC)cc4)c(F)c3F)CC2)c(F)c1F. The van der Waals surface area contributed by atoms with Crippen LogP contribution >= 0.6 is 0 Å². The maximum atomic E-state index is 15.0. The van der Waals surface area contributed by atoms with Crippen LogP contribution in [-0.2, 0) is 24.2 Å². The van der Waals surface area contributed by atoms with E-state index in [0.29, 0.717) is 48.8 Å². The molecule has 0 N–H and O–H groups in total. The van der Waals surface area contributed by atoms with Gasteiger partial charge < -0.3 is 4.74 Å². The highest BCUT2D eigenvalue weighted by Crippen LogP contribution is 2.38. The van der Waals surface area contributed by atoms with Crippen molar-refractivity contribution >= 4 is 0 Å². The van der Waals surface area contributed by atoms with Gasteiger partial charge in [-0.1, -0.05) is 68.8 Å². The number of halogens is 4. The van der Waals surface area contributed by atoms with E-state index in [1.54, 1.807) is 24.3 Å². The summed E-state index contributed by atoms with van der Waals surface area (Å²) in [5.74, 6) is -3.32. The summed E-state index contributed by atoms with van der Waals surface area (Å²) in [5, 5.41) is 0. The van der Waals surface area contributed by atoms with Crippen LogP contribution in [0, 0.1) is 23.3 Å². The summed E-state index contributed by atoms with van der Waals surface area (Å²) in [5.41, 5.74) is 3.06. The second-order valence-electron chi connectivity index (χ2n) is 9.43. The molecule has 1 aliphatic rings. The molecule has 0 unspecified atom stereocenters. The van der Waals surface area contributed by atoms with E-state index in [1.165, 1.54) is 0 Å². The first kappa shape index (κ1) is 25.4. The molecule has 0 heterocycles. The van der Waals surface area contributed by atoms with Crippen molar-refractivity contribution in [1.29, 1.82) is 0 Å². The van der Waals surface area contributed by atoms with Crippen LogP contribution in [0.5, 0.6) is 0 Å². The van der Waals surface area contributed by atoms with E-state index >= 15 is 4.39 Å². The fourth-order valence-corrected chi connectivity index (χ4v) is 4.97. The molecule has 1 aliphatic carbocycles. The Morgan fingerprint density at radius 3 is 2.03 bits per heavy atom. The molecule has 0 amide bonds. The zero-order valence-electron chi connectivity index (χ0n) is 20.4. The number of hydrogen-bond donors (Lipinski definition) is 0. The van der Waals surface area contributed by atoms with E-state index in [1.807, 2.05) is 38.1 Å². The minimum Gasteiger partial charge on any atom is -0.373 e. The van der Waals surface area contributed by atoms with Crippen LogP contribution in [0.15, 0.2) is 48.5 Å². The topological polar surface area (TPSA) is 9.23 Å². The Bertz CT molecular complexity index is 1150. The van der Waals surface area contributed by atoms with Gasteiger partial charge in [-0.25, -0.2) is 17.6 Å². The van der Waals surface area contributed by atoms with Crippen molar-refractivity contribution in [2.45, 2.75) is 77.4 Å². The van der Waals surface area contributed by atoms with E-state index in [9.17, 15) is 13.2 Å². The second-order valence-corrected chi connectivity index (χ2v) is 9.43. The summed E-state index contributed by atoms with van der Waals surface area (Å²) < 4.78 is 64.4. The van der Waals surface area contributed by atoms with Crippen molar-refractivity contribution in [3.8, 4) is 11.1 Å². The van der Waals surface area contributed by atoms with Gasteiger partial charge in [-0.3, -0.25) is 0 Å². The molecule has 0 aromatic heterocycles. The second kappa shape index (κ2) is 11.4. The molecule has 3 aromatic rings. The molecule has 0 saturated heterocycles. The summed E-state index contributed by atoms with van der Waals surface area (Å²) in [6, 6.07) is 14.1. The molecule has 0 atom stereocenters. The van der Waals surface area contributed by atoms with Gasteiger partial charge >= 0.3 is 0 Å². The molecule has 35 heavy (non-hydrogen) atoms. The van der Waals surface area contributed by atoms with Crippen molar-refractivity contribution in [3.05, 3.63) is 94.1 Å². The Balaban J connectivity index is 1.37. The lowest BCUT2D eigenvalue weighted by Crippen LogP contribution is -2.21. The third kappa shape index (κ3) is 5.61. The lowest BCUT2D eigenvalue weighted by Gasteiger charge is -2.29. The first-order valence-electron chi connectivity index (χ1n) is 12.6. The van der Waals surface area contributed by atoms with Crippen LogP contribution < -0.4 is 0 Å². The number of ether oxygens (including phenoxy) is 1. The number of hydrogen-bond acceptors (Lipinski definition) is 1. The highest BCUT2D eigenvalue weighted by atomic mass is 19.2. The van der Waals surface area contributed by atoms with Crippen molar-refractivity contribution < 1.29 is 22.3 Å². The van der Waals surface area contributed by atoms with Crippen molar-refractivity contribution in [2.75, 3.05) is 0 Å². The van der Waals surface area contributed by atoms with Crippen molar-refractivity contribution in [1.82, 2.24) is 0 Å². The minimum atomic E-state index is -0.841. The third-order valence-corrected chi connectivity index (χ3v) is 7.14. The van der Waals surface area contributed by atoms with Crippen LogP contribution in [0.4, 0.5) is 17.6 Å². The van der Waals surface area contributed by atoms with Crippen LogP contribution in [-0.4, -0.2) is 6.10 Å². The molecule has 5 heteroatoms. The van der Waals surface area contributed by atoms with Crippen LogP contribution in [0.1, 0.15) is 74.1 Å². The van der Waals surface area contributed by atoms with Gasteiger partial charge in [-0.2, -0.15) is 0 Å². The monoisotopic (exact) mass is 484 g/mol. The molecule has 0 aliphatic heterocycles. The zero-order valence-corrected chi connectivity index (χ0v) is 20.4. The van der Waals surface area contributed by atoms with E-state index in [-0.39, 0.29) is 29.8 Å². The zero-order chi connectivity index (χ0) is 24.9. The number of aryl methyl sites for hydroxylation is 2. The van der Waals surface area contributed by atoms with Gasteiger partial charge in [0.05, 0.1) is 12.7 Å². The molecular formula is C30H32F4O. The predicted molar refractivity (Wildman–Crippen MR) is 131 cm³/mol. The molecule has 1 saturated carbocycles. The Morgan fingerprint density at radius 1 is 0.714 bits per heavy atom. The molecule has 1 nitrogen and oxygen atoms in total. The van der Waals surface area contributed by atoms with Gasteiger partial charge in [0.15, 0.2) is 23.3 Å². The predicted octanol–water partition coefficient (Wildman–Crippen LogP) is 8.67. The highest BCUT2D eigenvalue weighted by molar-refractivity contribution is 5.65. The molecule has 0 bridgehead atoms. The third-order valence-electron chi connectivity index (χ3n) is 7.14. The van der Waals surface area contributed by atoms with E-state index < -0.39 is 23.3 Å². The maximum absolute atomic E-state index is 15.0. The average molecular weight is 485 g/mol. The summed E-state index contributed by atoms with van der Waals surface area (Å²) in [4.78, 5) is 0. The quantitative estimate of drug-likeness (QED) is 0.291. The number of rotatable bonds is 8. The first-order valence-corrected chi connectivity index (χ1v) is 12.6. The lowest BCUT2D eigenvalue weighted by atomic mass is 9.82. The standard InChI is InChI=1S/C30H32F4O/c1-3-5-22-10-11-23(28(32)27(22)31)18-35-24-14-12-21(13-15-24)26-17-16-25(29(33)30(26)34)20-8-6-19(4-2)7-9-20/h6-11,16-17,21,24H,3-5,12-15,18H2,1-2H3. The Hall–Kier alpha value is -2.66. The molecule has 0 spiro atoms. The van der Waals surface area contributed by atoms with E-state index in [0.717, 1.165) is 18.4 Å². The molecule has 3 aromatic carbocycles. The molecule has 4 rings (SSSR count). The fraction of sp³-hybridized carbons (Fsp3) is 0.400. The first-order chi connectivity index (χ1) is 16.9. The maximum Gasteiger partial charge on any atom is 0.166 e. The molecule has 186 valence electrons. The Labute approximate surface area is 205 Å². The Kier molecular flexibility index (Phi) is 8.27. The fourth-order valence-electron chi connectivity index (χ4n) is 4.97. The smallest absolute Gasteiger partial charge is 0.166 e. The summed E-state index contributed by atoms with van der Waals surface area (Å²) in [6.45, 7) is 3.97. The summed E-state index contributed by atoms with van der Waals surface area (Å²) >= 11 is 0. The van der Waals surface area contributed by atoms with Gasteiger partial charge in [0.2, 0.25) is 0 Å². The van der Waals surface area contributed by atoms with Gasteiger partial charge in [-0.05, 0) is 66.7 Å². The van der Waals surface area contributed by atoms with Crippen LogP contribution in [0.2, 0.25) is 0 Å².